The molecule has 1 aromatic rings. The van der Waals surface area contributed by atoms with E-state index in [2.05, 4.69) is 4.90 Å². The Kier molecular flexibility index (Phi) is 4.59. The first-order valence-electron chi connectivity index (χ1n) is 7.08. The van der Waals surface area contributed by atoms with Crippen molar-refractivity contribution >= 4 is 5.97 Å². The number of carbonyl (C=O) groups is 1. The maximum Gasteiger partial charge on any atom is 0.330 e. The van der Waals surface area contributed by atoms with Crippen molar-refractivity contribution in [1.82, 2.24) is 4.90 Å². The fourth-order valence-corrected chi connectivity index (χ4v) is 2.91. The van der Waals surface area contributed by atoms with Gasteiger partial charge in [-0.25, -0.2) is 4.79 Å². The monoisotopic (exact) mass is 261 g/mol. The van der Waals surface area contributed by atoms with Crippen molar-refractivity contribution in [2.45, 2.75) is 38.1 Å². The van der Waals surface area contributed by atoms with Crippen molar-refractivity contribution in [1.29, 1.82) is 0 Å². The molecule has 0 N–H and O–H groups in total. The van der Waals surface area contributed by atoms with Crippen LogP contribution in [0.4, 0.5) is 0 Å². The van der Waals surface area contributed by atoms with Crippen LogP contribution in [0.1, 0.15) is 38.2 Å². The maximum atomic E-state index is 12.4. The number of benzene rings is 1. The number of hydrogen-bond acceptors (Lipinski definition) is 3. The smallest absolute Gasteiger partial charge is 0.330 e. The second kappa shape index (κ2) is 6.20. The van der Waals surface area contributed by atoms with Crippen molar-refractivity contribution in [3.8, 4) is 0 Å². The second-order valence-electron chi connectivity index (χ2n) is 5.33. The number of carbonyl (C=O) groups excluding carboxylic acids is 1. The third kappa shape index (κ3) is 2.81. The fraction of sp³-hybridized carbons (Fsp3) is 0.562. The minimum Gasteiger partial charge on any atom is -0.467 e. The van der Waals surface area contributed by atoms with Crippen LogP contribution in [0.25, 0.3) is 0 Å². The van der Waals surface area contributed by atoms with E-state index in [0.29, 0.717) is 0 Å². The number of hydrogen-bond donors (Lipinski definition) is 0. The van der Waals surface area contributed by atoms with Crippen LogP contribution in [-0.4, -0.2) is 31.1 Å². The van der Waals surface area contributed by atoms with Gasteiger partial charge in [0.2, 0.25) is 0 Å². The van der Waals surface area contributed by atoms with E-state index in [0.717, 1.165) is 31.5 Å². The van der Waals surface area contributed by atoms with E-state index in [9.17, 15) is 4.79 Å². The van der Waals surface area contributed by atoms with Gasteiger partial charge >= 0.3 is 5.97 Å². The Labute approximate surface area is 115 Å². The lowest BCUT2D eigenvalue weighted by molar-refractivity contribution is -0.155. The molecular weight excluding hydrogens is 238 g/mol. The van der Waals surface area contributed by atoms with Crippen LogP contribution in [0, 0.1) is 0 Å². The average Bonchev–Trinajstić information content (AvgIpc) is 2.76. The predicted molar refractivity (Wildman–Crippen MR) is 75.9 cm³/mol. The van der Waals surface area contributed by atoms with E-state index in [4.69, 9.17) is 4.74 Å². The Morgan fingerprint density at radius 2 is 1.68 bits per heavy atom. The molecule has 1 saturated heterocycles. The van der Waals surface area contributed by atoms with Crippen LogP contribution in [0.2, 0.25) is 0 Å². The lowest BCUT2D eigenvalue weighted by Crippen LogP contribution is -2.50. The average molecular weight is 261 g/mol. The van der Waals surface area contributed by atoms with Crippen molar-refractivity contribution < 1.29 is 9.53 Å². The van der Waals surface area contributed by atoms with Crippen molar-refractivity contribution in [3.05, 3.63) is 35.9 Å². The van der Waals surface area contributed by atoms with Gasteiger partial charge in [0.1, 0.15) is 5.54 Å². The molecule has 0 unspecified atom stereocenters. The Morgan fingerprint density at radius 3 is 2.21 bits per heavy atom. The van der Waals surface area contributed by atoms with Gasteiger partial charge in [-0.2, -0.15) is 0 Å². The van der Waals surface area contributed by atoms with Gasteiger partial charge in [0.25, 0.3) is 0 Å². The molecule has 1 heterocycles. The van der Waals surface area contributed by atoms with E-state index < -0.39 is 5.54 Å². The normalized spacial score (nSPS) is 20.3. The quantitative estimate of drug-likeness (QED) is 0.783. The number of nitrogens with zero attached hydrogens (tertiary/aromatic N) is 1. The van der Waals surface area contributed by atoms with Crippen LogP contribution in [0.5, 0.6) is 0 Å². The highest BCUT2D eigenvalue weighted by Crippen LogP contribution is 2.31. The topological polar surface area (TPSA) is 29.5 Å². The van der Waals surface area contributed by atoms with Crippen molar-refractivity contribution in [2.75, 3.05) is 20.2 Å². The highest BCUT2D eigenvalue weighted by atomic mass is 16.5. The van der Waals surface area contributed by atoms with E-state index in [-0.39, 0.29) is 5.97 Å². The fourth-order valence-electron chi connectivity index (χ4n) is 2.91. The van der Waals surface area contributed by atoms with Gasteiger partial charge < -0.3 is 4.74 Å². The van der Waals surface area contributed by atoms with Crippen molar-refractivity contribution in [3.63, 3.8) is 0 Å². The molecule has 2 rings (SSSR count). The Hall–Kier alpha value is -1.35. The van der Waals surface area contributed by atoms with Gasteiger partial charge in [-0.05, 0) is 38.4 Å². The summed E-state index contributed by atoms with van der Waals surface area (Å²) in [7, 11) is 1.47. The summed E-state index contributed by atoms with van der Waals surface area (Å²) in [5.74, 6) is -0.166. The number of likely N-dealkylation sites (tertiary alicyclic amines) is 1. The molecule has 0 amide bonds. The number of esters is 1. The summed E-state index contributed by atoms with van der Waals surface area (Å²) in [6.45, 7) is 3.90. The van der Waals surface area contributed by atoms with Gasteiger partial charge in [0, 0.05) is 0 Å². The first kappa shape index (κ1) is 14.1. The first-order chi connectivity index (χ1) is 9.19. The summed E-state index contributed by atoms with van der Waals surface area (Å²) in [6.07, 6.45) is 4.81. The molecule has 1 aliphatic heterocycles. The zero-order valence-electron chi connectivity index (χ0n) is 11.9. The molecule has 0 saturated carbocycles. The molecular formula is C16H23NO2. The summed E-state index contributed by atoms with van der Waals surface area (Å²) >= 11 is 0. The Bertz CT molecular complexity index is 410. The predicted octanol–water partition coefficient (Wildman–Crippen LogP) is 2.95. The Morgan fingerprint density at radius 1 is 1.11 bits per heavy atom. The number of ether oxygens (including phenoxy) is 1. The van der Waals surface area contributed by atoms with E-state index in [1.165, 1.54) is 20.0 Å². The molecule has 1 atom stereocenters. The summed E-state index contributed by atoms with van der Waals surface area (Å²) in [5.41, 5.74) is 0.351. The zero-order chi connectivity index (χ0) is 13.7. The highest BCUT2D eigenvalue weighted by molar-refractivity contribution is 5.82. The SMILES string of the molecule is COC(=O)[C@](C)(c1ccccc1)N1CCCCCC1. The molecule has 1 fully saturated rings. The lowest BCUT2D eigenvalue weighted by atomic mass is 9.89. The molecule has 3 heteroatoms. The molecule has 0 radical (unpaired) electrons. The molecule has 0 aliphatic carbocycles. The van der Waals surface area contributed by atoms with E-state index in [1.54, 1.807) is 0 Å². The second-order valence-corrected chi connectivity index (χ2v) is 5.33. The van der Waals surface area contributed by atoms with Crippen LogP contribution in [0.3, 0.4) is 0 Å². The van der Waals surface area contributed by atoms with Crippen LogP contribution >= 0.6 is 0 Å². The first-order valence-corrected chi connectivity index (χ1v) is 7.08. The molecule has 0 spiro atoms. The summed E-state index contributed by atoms with van der Waals surface area (Å²) < 4.78 is 5.08. The van der Waals surface area contributed by atoms with Gasteiger partial charge in [-0.1, -0.05) is 43.2 Å². The summed E-state index contributed by atoms with van der Waals surface area (Å²) in [4.78, 5) is 14.7. The zero-order valence-corrected chi connectivity index (χ0v) is 11.9. The minimum atomic E-state index is -0.666. The molecule has 0 aromatic heterocycles. The summed E-state index contributed by atoms with van der Waals surface area (Å²) in [6, 6.07) is 9.97. The highest BCUT2D eigenvalue weighted by Gasteiger charge is 2.42. The number of rotatable bonds is 3. The Balaban J connectivity index is 2.36. The number of methoxy groups -OCH3 is 1. The standard InChI is InChI=1S/C16H23NO2/c1-16(15(18)19-2,14-10-6-5-7-11-14)17-12-8-3-4-9-13-17/h5-7,10-11H,3-4,8-9,12-13H2,1-2H3/t16-/m0/s1. The third-order valence-corrected chi connectivity index (χ3v) is 4.16. The van der Waals surface area contributed by atoms with Gasteiger partial charge in [-0.3, -0.25) is 4.90 Å². The van der Waals surface area contributed by atoms with E-state index >= 15 is 0 Å². The van der Waals surface area contributed by atoms with Crippen LogP contribution in [0.15, 0.2) is 30.3 Å². The molecule has 1 aliphatic rings. The van der Waals surface area contributed by atoms with Gasteiger partial charge in [-0.15, -0.1) is 0 Å². The van der Waals surface area contributed by atoms with Gasteiger partial charge in [0.05, 0.1) is 7.11 Å². The van der Waals surface area contributed by atoms with Crippen LogP contribution < -0.4 is 0 Å². The summed E-state index contributed by atoms with van der Waals surface area (Å²) in [5, 5.41) is 0. The lowest BCUT2D eigenvalue weighted by Gasteiger charge is -2.38. The largest absolute Gasteiger partial charge is 0.467 e. The molecule has 19 heavy (non-hydrogen) atoms. The van der Waals surface area contributed by atoms with Gasteiger partial charge in [0.15, 0.2) is 0 Å². The third-order valence-electron chi connectivity index (χ3n) is 4.16. The minimum absolute atomic E-state index is 0.166. The van der Waals surface area contributed by atoms with Crippen LogP contribution in [-0.2, 0) is 15.1 Å². The molecule has 3 nitrogen and oxygen atoms in total. The maximum absolute atomic E-state index is 12.4. The molecule has 1 aromatic carbocycles. The van der Waals surface area contributed by atoms with E-state index in [1.807, 2.05) is 37.3 Å². The molecule has 104 valence electrons. The molecule has 0 bridgehead atoms. The van der Waals surface area contributed by atoms with Crippen molar-refractivity contribution in [2.24, 2.45) is 0 Å².